The van der Waals surface area contributed by atoms with Crippen LogP contribution in [0.15, 0.2) is 17.5 Å². The predicted octanol–water partition coefficient (Wildman–Crippen LogP) is 2.42. The fraction of sp³-hybridized carbons (Fsp3) is 0.692. The molecule has 0 amide bonds. The van der Waals surface area contributed by atoms with Gasteiger partial charge in [0.2, 0.25) is 0 Å². The maximum absolute atomic E-state index is 3.56. The third-order valence-electron chi connectivity index (χ3n) is 3.79. The molecule has 2 fully saturated rings. The molecule has 0 aromatic carbocycles. The zero-order chi connectivity index (χ0) is 11.7. The van der Waals surface area contributed by atoms with E-state index < -0.39 is 0 Å². The van der Waals surface area contributed by atoms with Crippen molar-refractivity contribution >= 4 is 23.1 Å². The fourth-order valence-electron chi connectivity index (χ4n) is 2.72. The summed E-state index contributed by atoms with van der Waals surface area (Å²) in [7, 11) is 0. The molecular formula is C13H20N2S2. The molecule has 2 atom stereocenters. The highest BCUT2D eigenvalue weighted by Gasteiger charge is 2.39. The van der Waals surface area contributed by atoms with Crippen LogP contribution in [-0.2, 0) is 6.54 Å². The Morgan fingerprint density at radius 2 is 2.35 bits per heavy atom. The Balaban J connectivity index is 1.71. The van der Waals surface area contributed by atoms with E-state index in [1.165, 1.54) is 30.8 Å². The monoisotopic (exact) mass is 268 g/mol. The molecule has 0 bridgehead atoms. The summed E-state index contributed by atoms with van der Waals surface area (Å²) in [4.78, 5) is 4.27. The number of hydrogen-bond donors (Lipinski definition) is 1. The fourth-order valence-corrected chi connectivity index (χ4v) is 4.28. The van der Waals surface area contributed by atoms with Crippen molar-refractivity contribution < 1.29 is 0 Å². The maximum atomic E-state index is 3.56. The Hall–Kier alpha value is -0.0300. The van der Waals surface area contributed by atoms with Gasteiger partial charge in [-0.25, -0.2) is 0 Å². The van der Waals surface area contributed by atoms with Crippen LogP contribution >= 0.6 is 23.1 Å². The largest absolute Gasteiger partial charge is 0.314 e. The highest BCUT2D eigenvalue weighted by molar-refractivity contribution is 7.99. The van der Waals surface area contributed by atoms with Crippen LogP contribution in [0.3, 0.4) is 0 Å². The summed E-state index contributed by atoms with van der Waals surface area (Å²) in [5.74, 6) is 0. The number of thioether (sulfide) groups is 1. The SMILES string of the molecule is CSC1CNCC1N(Cc1cccs1)C1CC1. The van der Waals surface area contributed by atoms with Gasteiger partial charge in [-0.15, -0.1) is 11.3 Å². The zero-order valence-electron chi connectivity index (χ0n) is 10.3. The lowest BCUT2D eigenvalue weighted by molar-refractivity contribution is 0.194. The first-order chi connectivity index (χ1) is 8.38. The second-order valence-electron chi connectivity index (χ2n) is 4.98. The summed E-state index contributed by atoms with van der Waals surface area (Å²) in [6.07, 6.45) is 5.06. The molecule has 94 valence electrons. The molecule has 2 heterocycles. The van der Waals surface area contributed by atoms with Crippen LogP contribution in [0, 0.1) is 0 Å². The second kappa shape index (κ2) is 5.31. The van der Waals surface area contributed by atoms with Crippen molar-refractivity contribution in [1.29, 1.82) is 0 Å². The van der Waals surface area contributed by atoms with Crippen LogP contribution in [0.25, 0.3) is 0 Å². The smallest absolute Gasteiger partial charge is 0.0358 e. The zero-order valence-corrected chi connectivity index (χ0v) is 11.9. The van der Waals surface area contributed by atoms with Gasteiger partial charge in [0.1, 0.15) is 0 Å². The van der Waals surface area contributed by atoms with E-state index in [1.807, 2.05) is 23.1 Å². The molecule has 2 aliphatic rings. The molecule has 2 unspecified atom stereocenters. The van der Waals surface area contributed by atoms with Crippen LogP contribution < -0.4 is 5.32 Å². The Morgan fingerprint density at radius 3 is 3.00 bits per heavy atom. The number of nitrogens with one attached hydrogen (secondary N) is 1. The molecule has 1 aliphatic heterocycles. The third-order valence-corrected chi connectivity index (χ3v) is 5.74. The van der Waals surface area contributed by atoms with Crippen LogP contribution in [-0.4, -0.2) is 41.6 Å². The van der Waals surface area contributed by atoms with Crippen LogP contribution in [0.1, 0.15) is 17.7 Å². The molecular weight excluding hydrogens is 248 g/mol. The van der Waals surface area contributed by atoms with Crippen LogP contribution in [0.5, 0.6) is 0 Å². The van der Waals surface area contributed by atoms with Crippen molar-refractivity contribution in [2.75, 3.05) is 19.3 Å². The molecule has 1 aliphatic carbocycles. The Labute approximate surface area is 112 Å². The molecule has 1 N–H and O–H groups in total. The molecule has 1 aromatic rings. The first-order valence-corrected chi connectivity index (χ1v) is 8.57. The standard InChI is InChI=1S/C13H20N2S2/c1-16-13-8-14-7-12(13)15(10-4-5-10)9-11-3-2-6-17-11/h2-3,6,10,12-14H,4-5,7-9H2,1H3. The van der Waals surface area contributed by atoms with Gasteiger partial charge in [-0.3, -0.25) is 4.90 Å². The van der Waals surface area contributed by atoms with Gasteiger partial charge in [-0.1, -0.05) is 6.07 Å². The van der Waals surface area contributed by atoms with Crippen molar-refractivity contribution in [3.63, 3.8) is 0 Å². The van der Waals surface area contributed by atoms with E-state index in [1.54, 1.807) is 0 Å². The Morgan fingerprint density at radius 1 is 1.47 bits per heavy atom. The quantitative estimate of drug-likeness (QED) is 0.883. The highest BCUT2D eigenvalue weighted by Crippen LogP contribution is 2.34. The minimum atomic E-state index is 0.736. The first kappa shape index (κ1) is 12.0. The Bertz CT molecular complexity index is 348. The normalized spacial score (nSPS) is 29.1. The van der Waals surface area contributed by atoms with Crippen molar-refractivity contribution in [1.82, 2.24) is 10.2 Å². The van der Waals surface area contributed by atoms with Gasteiger partial charge in [-0.05, 0) is 30.5 Å². The number of thiophene rings is 1. The average molecular weight is 268 g/mol. The van der Waals surface area contributed by atoms with E-state index >= 15 is 0 Å². The van der Waals surface area contributed by atoms with E-state index in [-0.39, 0.29) is 0 Å². The molecule has 1 aromatic heterocycles. The van der Waals surface area contributed by atoms with Gasteiger partial charge in [-0.2, -0.15) is 11.8 Å². The summed E-state index contributed by atoms with van der Waals surface area (Å²) >= 11 is 3.92. The van der Waals surface area contributed by atoms with E-state index in [0.717, 1.165) is 23.9 Å². The Kier molecular flexibility index (Phi) is 3.75. The highest BCUT2D eigenvalue weighted by atomic mass is 32.2. The van der Waals surface area contributed by atoms with Gasteiger partial charge in [0.15, 0.2) is 0 Å². The van der Waals surface area contributed by atoms with Gasteiger partial charge < -0.3 is 5.32 Å². The van der Waals surface area contributed by atoms with Crippen LogP contribution in [0.4, 0.5) is 0 Å². The predicted molar refractivity (Wildman–Crippen MR) is 76.8 cm³/mol. The minimum absolute atomic E-state index is 0.736. The van der Waals surface area contributed by atoms with Crippen molar-refractivity contribution in [3.8, 4) is 0 Å². The summed E-state index contributed by atoms with van der Waals surface area (Å²) in [6.45, 7) is 3.51. The number of rotatable bonds is 5. The van der Waals surface area contributed by atoms with Gasteiger partial charge in [0.25, 0.3) is 0 Å². The van der Waals surface area contributed by atoms with E-state index in [9.17, 15) is 0 Å². The summed E-state index contributed by atoms with van der Waals surface area (Å²) < 4.78 is 0. The number of nitrogens with zero attached hydrogens (tertiary/aromatic N) is 1. The van der Waals surface area contributed by atoms with Crippen molar-refractivity contribution in [2.24, 2.45) is 0 Å². The molecule has 0 radical (unpaired) electrons. The first-order valence-electron chi connectivity index (χ1n) is 6.40. The summed E-state index contributed by atoms with van der Waals surface area (Å²) in [6, 6.07) is 6.04. The molecule has 1 saturated heterocycles. The maximum Gasteiger partial charge on any atom is 0.0358 e. The molecule has 0 spiro atoms. The molecule has 1 saturated carbocycles. The van der Waals surface area contributed by atoms with Crippen molar-refractivity contribution in [2.45, 2.75) is 36.7 Å². The second-order valence-corrected chi connectivity index (χ2v) is 7.09. The molecule has 2 nitrogen and oxygen atoms in total. The number of hydrogen-bond acceptors (Lipinski definition) is 4. The topological polar surface area (TPSA) is 15.3 Å². The van der Waals surface area contributed by atoms with Gasteiger partial charge >= 0.3 is 0 Å². The summed E-state index contributed by atoms with van der Waals surface area (Å²) in [5, 5.41) is 6.52. The van der Waals surface area contributed by atoms with E-state index in [4.69, 9.17) is 0 Å². The summed E-state index contributed by atoms with van der Waals surface area (Å²) in [5.41, 5.74) is 0. The lowest BCUT2D eigenvalue weighted by Gasteiger charge is -2.31. The third kappa shape index (κ3) is 2.70. The van der Waals surface area contributed by atoms with Gasteiger partial charge in [0.05, 0.1) is 0 Å². The van der Waals surface area contributed by atoms with E-state index in [2.05, 4.69) is 34.0 Å². The minimum Gasteiger partial charge on any atom is -0.314 e. The van der Waals surface area contributed by atoms with Gasteiger partial charge in [0, 0.05) is 41.8 Å². The van der Waals surface area contributed by atoms with Crippen molar-refractivity contribution in [3.05, 3.63) is 22.4 Å². The molecule has 17 heavy (non-hydrogen) atoms. The lowest BCUT2D eigenvalue weighted by atomic mass is 10.2. The van der Waals surface area contributed by atoms with E-state index in [0.29, 0.717) is 0 Å². The molecule has 3 rings (SSSR count). The molecule has 4 heteroatoms. The lowest BCUT2D eigenvalue weighted by Crippen LogP contribution is -2.42. The van der Waals surface area contributed by atoms with Crippen LogP contribution in [0.2, 0.25) is 0 Å². The average Bonchev–Trinajstić information content (AvgIpc) is 2.89.